The molecule has 1 heterocycles. The van der Waals surface area contributed by atoms with Crippen LogP contribution in [0.4, 0.5) is 0 Å². The molecule has 0 bridgehead atoms. The number of nitriles is 1. The highest BCUT2D eigenvalue weighted by Gasteiger charge is 2.10. The van der Waals surface area contributed by atoms with Crippen LogP contribution in [-0.4, -0.2) is 30.8 Å². The fourth-order valence-electron chi connectivity index (χ4n) is 1.84. The lowest BCUT2D eigenvalue weighted by Gasteiger charge is -2.08. The smallest absolute Gasteiger partial charge is 0.191 e. The van der Waals surface area contributed by atoms with Crippen molar-refractivity contribution in [1.82, 2.24) is 10.6 Å². The van der Waals surface area contributed by atoms with Crippen LogP contribution in [0.15, 0.2) is 29.3 Å². The average Bonchev–Trinajstić information content (AvgIpc) is 2.84. The number of hydrogen-bond donors (Lipinski definition) is 2. The highest BCUT2D eigenvalue weighted by molar-refractivity contribution is 7.98. The van der Waals surface area contributed by atoms with E-state index in [1.807, 2.05) is 36.0 Å². The summed E-state index contributed by atoms with van der Waals surface area (Å²) in [7, 11) is 0. The summed E-state index contributed by atoms with van der Waals surface area (Å²) in [4.78, 5) is 4.34. The molecule has 19 heavy (non-hydrogen) atoms. The largest absolute Gasteiger partial charge is 0.356 e. The number of hydrogen-bond acceptors (Lipinski definition) is 5. The summed E-state index contributed by atoms with van der Waals surface area (Å²) >= 11 is 1.82. The van der Waals surface area contributed by atoms with Gasteiger partial charge in [-0.25, -0.2) is 0 Å². The Morgan fingerprint density at radius 1 is 1.53 bits per heavy atom. The lowest BCUT2D eigenvalue weighted by Crippen LogP contribution is -2.38. The summed E-state index contributed by atoms with van der Waals surface area (Å²) in [5.41, 5.74) is 1.89. The molecule has 1 aromatic rings. The normalized spacial score (nSPS) is 17.5. The highest BCUT2D eigenvalue weighted by Crippen LogP contribution is 2.15. The van der Waals surface area contributed by atoms with E-state index >= 15 is 0 Å². The van der Waals surface area contributed by atoms with E-state index in [0.717, 1.165) is 41.7 Å². The molecule has 0 amide bonds. The van der Waals surface area contributed by atoms with Crippen LogP contribution >= 0.6 is 11.8 Å². The minimum Gasteiger partial charge on any atom is -0.356 e. The Bertz CT molecular complexity index is 492. The lowest BCUT2D eigenvalue weighted by molar-refractivity contribution is 0.716. The monoisotopic (exact) mass is 274 g/mol. The van der Waals surface area contributed by atoms with Crippen molar-refractivity contribution in [1.29, 1.82) is 5.26 Å². The molecule has 1 aromatic carbocycles. The van der Waals surface area contributed by atoms with Crippen LogP contribution < -0.4 is 10.6 Å². The summed E-state index contributed by atoms with van der Waals surface area (Å²) in [6.45, 7) is 3.86. The van der Waals surface area contributed by atoms with Gasteiger partial charge in [-0.3, -0.25) is 4.99 Å². The van der Waals surface area contributed by atoms with Crippen LogP contribution in [0.5, 0.6) is 0 Å². The predicted molar refractivity (Wildman–Crippen MR) is 80.2 cm³/mol. The Balaban J connectivity index is 1.66. The number of thioether (sulfide) groups is 1. The van der Waals surface area contributed by atoms with Crippen molar-refractivity contribution in [3.8, 4) is 6.07 Å². The van der Waals surface area contributed by atoms with Gasteiger partial charge in [-0.1, -0.05) is 18.2 Å². The summed E-state index contributed by atoms with van der Waals surface area (Å²) in [5, 5.41) is 15.5. The Kier molecular flexibility index (Phi) is 5.10. The van der Waals surface area contributed by atoms with Crippen LogP contribution in [-0.2, 0) is 5.75 Å². The number of aliphatic imine (C=N–C) groups is 1. The zero-order valence-electron chi connectivity index (χ0n) is 11.0. The molecule has 0 saturated carbocycles. The van der Waals surface area contributed by atoms with E-state index in [1.165, 1.54) is 0 Å². The van der Waals surface area contributed by atoms with Gasteiger partial charge in [0.15, 0.2) is 5.96 Å². The maximum atomic E-state index is 8.99. The van der Waals surface area contributed by atoms with Crippen molar-refractivity contribution in [2.75, 3.05) is 18.8 Å². The molecule has 5 heteroatoms. The second kappa shape index (κ2) is 7.05. The Morgan fingerprint density at radius 3 is 3.11 bits per heavy atom. The average molecular weight is 274 g/mol. The van der Waals surface area contributed by atoms with Gasteiger partial charge in [0.25, 0.3) is 0 Å². The van der Waals surface area contributed by atoms with Crippen LogP contribution in [0.3, 0.4) is 0 Å². The van der Waals surface area contributed by atoms with Crippen molar-refractivity contribution in [3.05, 3.63) is 35.4 Å². The lowest BCUT2D eigenvalue weighted by atomic mass is 10.1. The first kappa shape index (κ1) is 13.8. The standard InChI is InChI=1S/C14H18N4S/c1-11-9-17-14(18-11)16-6-7-19-10-13-5-3-2-4-12(13)8-15/h2-5,11H,6-7,9-10H2,1H3,(H2,16,17,18). The Hall–Kier alpha value is -1.67. The summed E-state index contributed by atoms with van der Waals surface area (Å²) < 4.78 is 0. The van der Waals surface area contributed by atoms with Gasteiger partial charge in [-0.2, -0.15) is 17.0 Å². The van der Waals surface area contributed by atoms with Crippen LogP contribution in [0.2, 0.25) is 0 Å². The van der Waals surface area contributed by atoms with Gasteiger partial charge in [0.2, 0.25) is 0 Å². The number of guanidine groups is 1. The third-order valence-corrected chi connectivity index (χ3v) is 3.85. The van der Waals surface area contributed by atoms with Gasteiger partial charge in [0.05, 0.1) is 18.2 Å². The summed E-state index contributed by atoms with van der Waals surface area (Å²) in [5.74, 6) is 2.78. The zero-order chi connectivity index (χ0) is 13.5. The number of nitrogens with zero attached hydrogens (tertiary/aromatic N) is 2. The fourth-order valence-corrected chi connectivity index (χ4v) is 2.70. The molecule has 0 spiro atoms. The van der Waals surface area contributed by atoms with Gasteiger partial charge < -0.3 is 10.6 Å². The molecule has 1 aliphatic heterocycles. The molecule has 2 N–H and O–H groups in total. The molecular weight excluding hydrogens is 256 g/mol. The van der Waals surface area contributed by atoms with Crippen LogP contribution in [0.1, 0.15) is 18.1 Å². The van der Waals surface area contributed by atoms with E-state index in [4.69, 9.17) is 5.26 Å². The molecule has 4 nitrogen and oxygen atoms in total. The van der Waals surface area contributed by atoms with E-state index in [1.54, 1.807) is 0 Å². The second-order valence-electron chi connectivity index (χ2n) is 4.48. The third-order valence-electron chi connectivity index (χ3n) is 2.84. The zero-order valence-corrected chi connectivity index (χ0v) is 11.8. The van der Waals surface area contributed by atoms with E-state index in [-0.39, 0.29) is 0 Å². The van der Waals surface area contributed by atoms with Gasteiger partial charge >= 0.3 is 0 Å². The number of rotatable bonds is 5. The first-order chi connectivity index (χ1) is 9.29. The van der Waals surface area contributed by atoms with E-state index in [2.05, 4.69) is 28.6 Å². The molecule has 1 atom stereocenters. The summed E-state index contributed by atoms with van der Waals surface area (Å²) in [6.07, 6.45) is 0. The van der Waals surface area contributed by atoms with Gasteiger partial charge in [-0.15, -0.1) is 0 Å². The van der Waals surface area contributed by atoms with E-state index in [9.17, 15) is 0 Å². The van der Waals surface area contributed by atoms with Crippen LogP contribution in [0.25, 0.3) is 0 Å². The van der Waals surface area contributed by atoms with Gasteiger partial charge in [0, 0.05) is 24.1 Å². The van der Waals surface area contributed by atoms with E-state index in [0.29, 0.717) is 6.04 Å². The molecule has 2 rings (SSSR count). The molecule has 0 aliphatic carbocycles. The highest BCUT2D eigenvalue weighted by atomic mass is 32.2. The molecule has 0 saturated heterocycles. The van der Waals surface area contributed by atoms with Gasteiger partial charge in [-0.05, 0) is 18.6 Å². The topological polar surface area (TPSA) is 60.2 Å². The molecule has 100 valence electrons. The molecule has 1 unspecified atom stereocenters. The molecule has 0 radical (unpaired) electrons. The minimum absolute atomic E-state index is 0.442. The second-order valence-corrected chi connectivity index (χ2v) is 5.59. The Labute approximate surface area is 118 Å². The van der Waals surface area contributed by atoms with Crippen molar-refractivity contribution in [2.45, 2.75) is 18.7 Å². The van der Waals surface area contributed by atoms with Crippen molar-refractivity contribution in [3.63, 3.8) is 0 Å². The molecule has 0 fully saturated rings. The van der Waals surface area contributed by atoms with Crippen molar-refractivity contribution in [2.24, 2.45) is 4.99 Å². The van der Waals surface area contributed by atoms with Gasteiger partial charge in [0.1, 0.15) is 0 Å². The van der Waals surface area contributed by atoms with E-state index < -0.39 is 0 Å². The Morgan fingerprint density at radius 2 is 2.37 bits per heavy atom. The fraction of sp³-hybridized carbons (Fsp3) is 0.429. The molecule has 1 aliphatic rings. The first-order valence-corrected chi connectivity index (χ1v) is 7.55. The molecular formula is C14H18N4S. The van der Waals surface area contributed by atoms with Crippen molar-refractivity contribution >= 4 is 17.7 Å². The SMILES string of the molecule is CC1CN=C(NCCSCc2ccccc2C#N)N1. The quantitative estimate of drug-likeness (QED) is 0.803. The maximum Gasteiger partial charge on any atom is 0.191 e. The molecule has 0 aromatic heterocycles. The third kappa shape index (κ3) is 4.18. The number of benzene rings is 1. The predicted octanol–water partition coefficient (Wildman–Crippen LogP) is 1.73. The first-order valence-electron chi connectivity index (χ1n) is 6.40. The van der Waals surface area contributed by atoms with Crippen molar-refractivity contribution < 1.29 is 0 Å². The maximum absolute atomic E-state index is 8.99. The minimum atomic E-state index is 0.442. The summed E-state index contributed by atoms with van der Waals surface area (Å²) in [6, 6.07) is 10.4. The number of nitrogens with one attached hydrogen (secondary N) is 2. The van der Waals surface area contributed by atoms with Crippen LogP contribution in [0, 0.1) is 11.3 Å².